The van der Waals surface area contributed by atoms with E-state index in [-0.39, 0.29) is 0 Å². The molecule has 1 N–H and O–H groups in total. The van der Waals surface area contributed by atoms with Gasteiger partial charge in [-0.2, -0.15) is 0 Å². The van der Waals surface area contributed by atoms with Crippen molar-refractivity contribution in [3.63, 3.8) is 0 Å². The second-order valence-electron chi connectivity index (χ2n) is 2.31. The van der Waals surface area contributed by atoms with Gasteiger partial charge in [0.05, 0.1) is 4.92 Å². The Morgan fingerprint density at radius 2 is 2.23 bits per heavy atom. The second kappa shape index (κ2) is 3.66. The van der Waals surface area contributed by atoms with Gasteiger partial charge in [0.1, 0.15) is 0 Å². The summed E-state index contributed by atoms with van der Waals surface area (Å²) in [5.74, 6) is -1.27. The Balaban J connectivity index is 2.92. The summed E-state index contributed by atoms with van der Waals surface area (Å²) in [7, 11) is 0. The van der Waals surface area contributed by atoms with Crippen LogP contribution in [0.1, 0.15) is 5.56 Å². The summed E-state index contributed by atoms with van der Waals surface area (Å²) in [6.07, 6.45) is 1.84. The Morgan fingerprint density at radius 1 is 1.54 bits per heavy atom. The molecule has 0 aliphatic carbocycles. The van der Waals surface area contributed by atoms with Gasteiger partial charge in [-0.05, 0) is 17.7 Å². The highest BCUT2D eigenvalue weighted by atomic mass is 19.1. The van der Waals surface area contributed by atoms with Gasteiger partial charge in [0, 0.05) is 6.08 Å². The molecule has 1 rings (SSSR count). The van der Waals surface area contributed by atoms with E-state index >= 15 is 0 Å². The number of aromatic hydroxyl groups is 1. The van der Waals surface area contributed by atoms with Gasteiger partial charge in [-0.1, -0.05) is 6.07 Å². The third-order valence-corrected chi connectivity index (χ3v) is 1.36. The summed E-state index contributed by atoms with van der Waals surface area (Å²) in [6.45, 7) is 0. The second-order valence-corrected chi connectivity index (χ2v) is 2.31. The smallest absolute Gasteiger partial charge is 0.235 e. The lowest BCUT2D eigenvalue weighted by Crippen LogP contribution is -1.83. The molecule has 0 saturated carbocycles. The average molecular weight is 183 g/mol. The first-order valence-electron chi connectivity index (χ1n) is 3.40. The molecule has 0 aromatic heterocycles. The fraction of sp³-hybridized carbons (Fsp3) is 0. The summed E-state index contributed by atoms with van der Waals surface area (Å²) in [5, 5.41) is 18.7. The van der Waals surface area contributed by atoms with Crippen LogP contribution in [0.4, 0.5) is 4.39 Å². The predicted octanol–water partition coefficient (Wildman–Crippen LogP) is 1.78. The zero-order chi connectivity index (χ0) is 9.84. The number of benzene rings is 1. The lowest BCUT2D eigenvalue weighted by atomic mass is 10.2. The van der Waals surface area contributed by atoms with Gasteiger partial charge in [-0.15, -0.1) is 0 Å². The molecule has 4 nitrogen and oxygen atoms in total. The van der Waals surface area contributed by atoms with Crippen LogP contribution < -0.4 is 0 Å². The van der Waals surface area contributed by atoms with Gasteiger partial charge in [0.2, 0.25) is 6.20 Å². The van der Waals surface area contributed by atoms with Crippen LogP contribution in [0.2, 0.25) is 0 Å². The van der Waals surface area contributed by atoms with E-state index in [4.69, 9.17) is 5.11 Å². The molecular formula is C8H6FNO3. The van der Waals surface area contributed by atoms with Crippen molar-refractivity contribution in [2.75, 3.05) is 0 Å². The predicted molar refractivity (Wildman–Crippen MR) is 44.1 cm³/mol. The first kappa shape index (κ1) is 9.18. The van der Waals surface area contributed by atoms with E-state index in [9.17, 15) is 14.5 Å². The molecule has 0 fully saturated rings. The van der Waals surface area contributed by atoms with E-state index in [0.29, 0.717) is 11.8 Å². The Morgan fingerprint density at radius 3 is 2.77 bits per heavy atom. The number of rotatable bonds is 2. The summed E-state index contributed by atoms with van der Waals surface area (Å²) in [4.78, 5) is 9.25. The van der Waals surface area contributed by atoms with Gasteiger partial charge >= 0.3 is 0 Å². The third-order valence-electron chi connectivity index (χ3n) is 1.36. The van der Waals surface area contributed by atoms with Crippen molar-refractivity contribution in [1.29, 1.82) is 0 Å². The Bertz CT molecular complexity index is 362. The monoisotopic (exact) mass is 183 g/mol. The van der Waals surface area contributed by atoms with E-state index in [0.717, 1.165) is 18.2 Å². The summed E-state index contributed by atoms with van der Waals surface area (Å²) >= 11 is 0. The molecule has 0 saturated heterocycles. The number of halogens is 1. The fourth-order valence-corrected chi connectivity index (χ4v) is 0.774. The van der Waals surface area contributed by atoms with Crippen molar-refractivity contribution in [2.45, 2.75) is 0 Å². The molecule has 0 atom stereocenters. The molecule has 0 aliphatic heterocycles. The number of phenolic OH excluding ortho intramolecular Hbond substituents is 1. The summed E-state index contributed by atoms with van der Waals surface area (Å²) in [6, 6.07) is 3.52. The number of hydrogen-bond donors (Lipinski definition) is 1. The third kappa shape index (κ3) is 2.55. The maximum atomic E-state index is 12.6. The van der Waals surface area contributed by atoms with Gasteiger partial charge < -0.3 is 5.11 Å². The van der Waals surface area contributed by atoms with Crippen LogP contribution in [0.25, 0.3) is 6.08 Å². The van der Waals surface area contributed by atoms with Crippen LogP contribution in [0.5, 0.6) is 5.75 Å². The van der Waals surface area contributed by atoms with E-state index in [2.05, 4.69) is 0 Å². The molecule has 1 aromatic rings. The minimum Gasteiger partial charge on any atom is -0.505 e. The molecule has 0 spiro atoms. The van der Waals surface area contributed by atoms with Crippen LogP contribution in [-0.2, 0) is 0 Å². The quantitative estimate of drug-likeness (QED) is 0.561. The molecule has 1 aromatic carbocycles. The van der Waals surface area contributed by atoms with Crippen molar-refractivity contribution in [3.8, 4) is 5.75 Å². The topological polar surface area (TPSA) is 63.4 Å². The van der Waals surface area contributed by atoms with Gasteiger partial charge in [0.25, 0.3) is 0 Å². The molecule has 0 amide bonds. The van der Waals surface area contributed by atoms with Crippen molar-refractivity contribution >= 4 is 6.08 Å². The fourth-order valence-electron chi connectivity index (χ4n) is 0.774. The zero-order valence-electron chi connectivity index (χ0n) is 6.48. The average Bonchev–Trinajstić information content (AvgIpc) is 2.07. The van der Waals surface area contributed by atoms with Crippen LogP contribution in [-0.4, -0.2) is 10.0 Å². The highest BCUT2D eigenvalue weighted by Crippen LogP contribution is 2.16. The molecular weight excluding hydrogens is 177 g/mol. The Kier molecular flexibility index (Phi) is 2.59. The minimum absolute atomic E-state index is 0.326. The zero-order valence-corrected chi connectivity index (χ0v) is 6.48. The molecule has 68 valence electrons. The minimum atomic E-state index is -0.800. The van der Waals surface area contributed by atoms with E-state index < -0.39 is 16.5 Å². The van der Waals surface area contributed by atoms with E-state index in [1.54, 1.807) is 0 Å². The van der Waals surface area contributed by atoms with Crippen LogP contribution in [0, 0.1) is 15.9 Å². The van der Waals surface area contributed by atoms with Gasteiger partial charge in [-0.3, -0.25) is 10.1 Å². The van der Waals surface area contributed by atoms with Crippen LogP contribution >= 0.6 is 0 Å². The molecule has 13 heavy (non-hydrogen) atoms. The lowest BCUT2D eigenvalue weighted by Gasteiger charge is -1.94. The standard InChI is InChI=1S/C8H6FNO3/c9-7-5-6(1-2-8(7)11)3-4-10(12)13/h1-5,11H. The largest absolute Gasteiger partial charge is 0.505 e. The van der Waals surface area contributed by atoms with E-state index in [1.165, 1.54) is 6.07 Å². The van der Waals surface area contributed by atoms with Crippen LogP contribution in [0.3, 0.4) is 0 Å². The number of nitro groups is 1. The first-order chi connectivity index (χ1) is 6.09. The summed E-state index contributed by atoms with van der Waals surface area (Å²) in [5.41, 5.74) is 0.326. The summed E-state index contributed by atoms with van der Waals surface area (Å²) < 4.78 is 12.6. The van der Waals surface area contributed by atoms with Gasteiger partial charge in [0.15, 0.2) is 11.6 Å². The number of phenols is 1. The molecule has 0 aliphatic rings. The molecule has 0 radical (unpaired) electrons. The van der Waals surface area contributed by atoms with E-state index in [1.807, 2.05) is 0 Å². The molecule has 0 heterocycles. The molecule has 0 bridgehead atoms. The number of hydrogen-bond acceptors (Lipinski definition) is 3. The Labute approximate surface area is 73.1 Å². The van der Waals surface area contributed by atoms with Crippen molar-refractivity contribution in [2.24, 2.45) is 0 Å². The highest BCUT2D eigenvalue weighted by molar-refractivity contribution is 5.49. The highest BCUT2D eigenvalue weighted by Gasteiger charge is 1.99. The molecule has 5 heteroatoms. The maximum absolute atomic E-state index is 12.6. The van der Waals surface area contributed by atoms with Gasteiger partial charge in [-0.25, -0.2) is 4.39 Å². The number of nitrogens with zero attached hydrogens (tertiary/aromatic N) is 1. The molecule has 0 unspecified atom stereocenters. The first-order valence-corrected chi connectivity index (χ1v) is 3.40. The Hall–Kier alpha value is -1.91. The van der Waals surface area contributed by atoms with Crippen LogP contribution in [0.15, 0.2) is 24.4 Å². The van der Waals surface area contributed by atoms with Crippen molar-refractivity contribution in [3.05, 3.63) is 45.9 Å². The SMILES string of the molecule is O=[N+]([O-])C=Cc1ccc(O)c(F)c1. The lowest BCUT2D eigenvalue weighted by molar-refractivity contribution is -0.400. The van der Waals surface area contributed by atoms with Crippen molar-refractivity contribution < 1.29 is 14.4 Å². The normalized spacial score (nSPS) is 10.5. The van der Waals surface area contributed by atoms with Crippen molar-refractivity contribution in [1.82, 2.24) is 0 Å². The maximum Gasteiger partial charge on any atom is 0.235 e.